The van der Waals surface area contributed by atoms with Crippen LogP contribution in [0, 0.1) is 11.8 Å². The van der Waals surface area contributed by atoms with Crippen LogP contribution in [0.25, 0.3) is 0 Å². The second-order valence-electron chi connectivity index (χ2n) is 7.32. The summed E-state index contributed by atoms with van der Waals surface area (Å²) in [5.74, 6) is 0.316. The van der Waals surface area contributed by atoms with Gasteiger partial charge in [-0.15, -0.1) is 0 Å². The molecule has 0 aromatic carbocycles. The van der Waals surface area contributed by atoms with Gasteiger partial charge in [-0.2, -0.15) is 0 Å². The first-order valence-electron chi connectivity index (χ1n) is 7.37. The first kappa shape index (κ1) is 19.7. The van der Waals surface area contributed by atoms with Crippen molar-refractivity contribution in [1.29, 1.82) is 0 Å². The molecule has 0 unspecified atom stereocenters. The predicted octanol–water partition coefficient (Wildman–Crippen LogP) is 3.90. The van der Waals surface area contributed by atoms with Crippen LogP contribution in [0.4, 0.5) is 0 Å². The molecule has 0 aromatic heterocycles. The first-order chi connectivity index (χ1) is 8.93. The third-order valence-corrected chi connectivity index (χ3v) is 7.40. The van der Waals surface area contributed by atoms with Crippen LogP contribution in [0.3, 0.4) is 0 Å². The van der Waals surface area contributed by atoms with Crippen LogP contribution in [-0.4, -0.2) is 30.4 Å². The fourth-order valence-electron chi connectivity index (χ4n) is 2.10. The molecule has 0 heterocycles. The molecule has 1 N–H and O–H groups in total. The highest BCUT2D eigenvalue weighted by Crippen LogP contribution is 2.55. The number of esters is 1. The van der Waals surface area contributed by atoms with Crippen molar-refractivity contribution in [2.75, 3.05) is 13.3 Å². The fraction of sp³-hybridized carbons (Fsp3) is 0.933. The van der Waals surface area contributed by atoms with Crippen LogP contribution in [0.15, 0.2) is 0 Å². The maximum Gasteiger partial charge on any atom is 0.323 e. The molecule has 0 aromatic rings. The lowest BCUT2D eigenvalue weighted by atomic mass is 10.1. The summed E-state index contributed by atoms with van der Waals surface area (Å²) in [7, 11) is -1.31. The van der Waals surface area contributed by atoms with Gasteiger partial charge >= 0.3 is 5.97 Å². The molecule has 0 spiro atoms. The van der Waals surface area contributed by atoms with Gasteiger partial charge in [0.05, 0.1) is 7.11 Å². The second-order valence-corrected chi connectivity index (χ2v) is 10.8. The summed E-state index contributed by atoms with van der Waals surface area (Å²) in [4.78, 5) is 11.9. The zero-order valence-electron chi connectivity index (χ0n) is 14.3. The lowest BCUT2D eigenvalue weighted by Crippen LogP contribution is -2.41. The predicted molar refractivity (Wildman–Crippen MR) is 85.5 cm³/mol. The van der Waals surface area contributed by atoms with Gasteiger partial charge in [-0.3, -0.25) is 9.88 Å². The Balaban J connectivity index is 5.28. The Bertz CT molecular complexity index is 359. The maximum absolute atomic E-state index is 13.3. The highest BCUT2D eigenvalue weighted by Gasteiger charge is 2.40. The molecule has 0 bridgehead atoms. The van der Waals surface area contributed by atoms with Crippen LogP contribution in [0.2, 0.25) is 0 Å². The molecule has 0 saturated heterocycles. The number of methoxy groups -OCH3 is 1. The molecule has 4 nitrogen and oxygen atoms in total. The van der Waals surface area contributed by atoms with Gasteiger partial charge < -0.3 is 9.30 Å². The summed E-state index contributed by atoms with van der Waals surface area (Å²) in [6, 6.07) is -0.496. The van der Waals surface area contributed by atoms with E-state index in [1.165, 1.54) is 7.11 Å². The number of hydrogen-bond acceptors (Lipinski definition) is 3. The minimum Gasteiger partial charge on any atom is -0.468 e. The van der Waals surface area contributed by atoms with E-state index in [1.54, 1.807) is 0 Å². The largest absolute Gasteiger partial charge is 0.468 e. The molecule has 0 saturated carbocycles. The van der Waals surface area contributed by atoms with E-state index < -0.39 is 13.3 Å². The van der Waals surface area contributed by atoms with Crippen LogP contribution < -0.4 is 5.09 Å². The van der Waals surface area contributed by atoms with Crippen LogP contribution >= 0.6 is 7.29 Å². The summed E-state index contributed by atoms with van der Waals surface area (Å²) >= 11 is 0. The van der Waals surface area contributed by atoms with E-state index in [2.05, 4.69) is 18.9 Å². The van der Waals surface area contributed by atoms with E-state index in [0.717, 1.165) is 0 Å². The van der Waals surface area contributed by atoms with Gasteiger partial charge in [0.25, 0.3) is 0 Å². The molecule has 0 aliphatic carbocycles. The topological polar surface area (TPSA) is 55.4 Å². The third-order valence-electron chi connectivity index (χ3n) is 3.26. The first-order valence-corrected chi connectivity index (χ1v) is 9.27. The molecule has 0 aliphatic rings. The maximum atomic E-state index is 13.3. The van der Waals surface area contributed by atoms with E-state index in [1.807, 2.05) is 34.6 Å². The summed E-state index contributed by atoms with van der Waals surface area (Å²) in [5, 5.41) is 2.79. The van der Waals surface area contributed by atoms with Crippen molar-refractivity contribution < 1.29 is 14.1 Å². The Hall–Kier alpha value is -0.340. The number of ether oxygens (including phenoxy) is 1. The zero-order valence-corrected chi connectivity index (χ0v) is 15.2. The lowest BCUT2D eigenvalue weighted by Gasteiger charge is -2.36. The average Bonchev–Trinajstić information content (AvgIpc) is 2.23. The fourth-order valence-corrected chi connectivity index (χ4v) is 4.88. The Morgan fingerprint density at radius 1 is 1.15 bits per heavy atom. The van der Waals surface area contributed by atoms with Crippen molar-refractivity contribution in [3.8, 4) is 0 Å². The minimum atomic E-state index is -2.69. The molecule has 20 heavy (non-hydrogen) atoms. The van der Waals surface area contributed by atoms with Gasteiger partial charge in [0.1, 0.15) is 6.04 Å². The van der Waals surface area contributed by atoms with Crippen molar-refractivity contribution >= 4 is 13.3 Å². The van der Waals surface area contributed by atoms with Gasteiger partial charge in [0, 0.05) is 11.3 Å². The normalized spacial score (nSPS) is 17.1. The Morgan fingerprint density at radius 3 is 1.95 bits per heavy atom. The molecule has 5 heteroatoms. The van der Waals surface area contributed by atoms with E-state index >= 15 is 0 Å². The highest BCUT2D eigenvalue weighted by atomic mass is 31.2. The average molecular weight is 305 g/mol. The van der Waals surface area contributed by atoms with Gasteiger partial charge in [0.15, 0.2) is 7.29 Å². The Labute approximate surface area is 124 Å². The molecule has 0 radical (unpaired) electrons. The van der Waals surface area contributed by atoms with E-state index in [9.17, 15) is 9.36 Å². The number of nitrogens with one attached hydrogen (secondary N) is 1. The highest BCUT2D eigenvalue weighted by molar-refractivity contribution is 7.63. The van der Waals surface area contributed by atoms with Crippen LogP contribution in [-0.2, 0) is 14.1 Å². The van der Waals surface area contributed by atoms with Gasteiger partial charge in [0.2, 0.25) is 0 Å². The smallest absolute Gasteiger partial charge is 0.323 e. The van der Waals surface area contributed by atoms with Gasteiger partial charge in [-0.05, 0) is 18.3 Å². The monoisotopic (exact) mass is 305 g/mol. The molecular formula is C15H32NO3P. The molecule has 0 rings (SSSR count). The molecule has 0 amide bonds. The molecular weight excluding hydrogens is 273 g/mol. The summed E-state index contributed by atoms with van der Waals surface area (Å²) in [6.45, 7) is 14.1. The van der Waals surface area contributed by atoms with Crippen molar-refractivity contribution in [1.82, 2.24) is 5.09 Å². The van der Waals surface area contributed by atoms with Crippen LogP contribution in [0.5, 0.6) is 0 Å². The summed E-state index contributed by atoms with van der Waals surface area (Å²) in [6.07, 6.45) is 1.22. The molecule has 120 valence electrons. The van der Waals surface area contributed by atoms with Crippen molar-refractivity contribution in [3.05, 3.63) is 0 Å². The van der Waals surface area contributed by atoms with Gasteiger partial charge in [-0.25, -0.2) is 0 Å². The third kappa shape index (κ3) is 5.97. The Kier molecular flexibility index (Phi) is 7.48. The SMILES string of the molecule is COC(=O)[C@H](CC(C)C)N[P@@](=O)(CC(C)C)C(C)(C)C. The lowest BCUT2D eigenvalue weighted by molar-refractivity contribution is -0.143. The number of hydrogen-bond donors (Lipinski definition) is 1. The van der Waals surface area contributed by atoms with Crippen molar-refractivity contribution in [2.45, 2.75) is 66.1 Å². The standard InChI is InChI=1S/C15H32NO3P/c1-11(2)9-13(14(17)19-8)16-20(18,10-12(3)4)15(5,6)7/h11-13H,9-10H2,1-8H3,(H,16,18)/t13-,20+/m0/s1. The van der Waals surface area contributed by atoms with Gasteiger partial charge in [-0.1, -0.05) is 48.5 Å². The molecule has 0 fully saturated rings. The van der Waals surface area contributed by atoms with Crippen LogP contribution in [0.1, 0.15) is 54.9 Å². The van der Waals surface area contributed by atoms with E-state index in [4.69, 9.17) is 4.74 Å². The van der Waals surface area contributed by atoms with E-state index in [-0.39, 0.29) is 11.1 Å². The second kappa shape index (κ2) is 7.61. The number of carbonyl (C=O) groups is 1. The van der Waals surface area contributed by atoms with E-state index in [0.29, 0.717) is 24.4 Å². The summed E-state index contributed by atoms with van der Waals surface area (Å²) in [5.41, 5.74) is 0. The molecule has 0 aliphatic heterocycles. The number of carbonyl (C=O) groups excluding carboxylic acids is 1. The quantitative estimate of drug-likeness (QED) is 0.572. The van der Waals surface area contributed by atoms with Crippen molar-refractivity contribution in [3.63, 3.8) is 0 Å². The summed E-state index contributed by atoms with van der Waals surface area (Å²) < 4.78 is 18.2. The minimum absolute atomic E-state index is 0.310. The zero-order chi connectivity index (χ0) is 16.1. The van der Waals surface area contributed by atoms with Crippen molar-refractivity contribution in [2.24, 2.45) is 11.8 Å². The molecule has 2 atom stereocenters. The number of rotatable bonds is 7. The Morgan fingerprint density at radius 2 is 1.65 bits per heavy atom.